The van der Waals surface area contributed by atoms with Crippen LogP contribution in [0.1, 0.15) is 0 Å². The van der Waals surface area contributed by atoms with E-state index in [-0.39, 0.29) is 15.3 Å². The molecule has 116 valence electrons. The van der Waals surface area contributed by atoms with Gasteiger partial charge in [0, 0.05) is 21.6 Å². The van der Waals surface area contributed by atoms with Crippen molar-refractivity contribution in [2.45, 2.75) is 0 Å². The van der Waals surface area contributed by atoms with Gasteiger partial charge < -0.3 is 10.6 Å². The topological polar surface area (TPSA) is 24.1 Å². The van der Waals surface area contributed by atoms with Crippen LogP contribution in [0.15, 0.2) is 59.1 Å². The number of hydrogen-bond acceptors (Lipinski definition) is 1. The molecule has 0 saturated heterocycles. The Morgan fingerprint density at radius 3 is 2.48 bits per heavy atom. The molecule has 0 saturated carbocycles. The highest BCUT2D eigenvalue weighted by Crippen LogP contribution is 2.28. The van der Waals surface area contributed by atoms with Gasteiger partial charge in [0.25, 0.3) is 0 Å². The molecule has 0 aliphatic rings. The number of fused-ring (bicyclic) bond motifs is 1. The second-order valence-electron chi connectivity index (χ2n) is 4.85. The van der Waals surface area contributed by atoms with Crippen LogP contribution in [0.5, 0.6) is 0 Å². The average molecular weight is 393 g/mol. The lowest BCUT2D eigenvalue weighted by atomic mass is 10.1. The summed E-state index contributed by atoms with van der Waals surface area (Å²) >= 11 is 8.35. The molecule has 0 aromatic heterocycles. The molecule has 0 fully saturated rings. The number of halogens is 3. The lowest BCUT2D eigenvalue weighted by molar-refractivity contribution is 0.585. The van der Waals surface area contributed by atoms with E-state index in [4.69, 9.17) is 12.2 Å². The minimum atomic E-state index is -0.723. The van der Waals surface area contributed by atoms with E-state index in [0.29, 0.717) is 0 Å². The van der Waals surface area contributed by atoms with Gasteiger partial charge in [0.1, 0.15) is 5.82 Å². The van der Waals surface area contributed by atoms with Crippen molar-refractivity contribution in [2.75, 3.05) is 10.6 Å². The van der Waals surface area contributed by atoms with Crippen molar-refractivity contribution < 1.29 is 8.78 Å². The summed E-state index contributed by atoms with van der Waals surface area (Å²) in [6, 6.07) is 15.6. The molecule has 0 unspecified atom stereocenters. The smallest absolute Gasteiger partial charge is 0.175 e. The van der Waals surface area contributed by atoms with Crippen LogP contribution in [-0.2, 0) is 0 Å². The third-order valence-electron chi connectivity index (χ3n) is 3.28. The second-order valence-corrected chi connectivity index (χ2v) is 6.11. The van der Waals surface area contributed by atoms with E-state index in [9.17, 15) is 8.78 Å². The molecule has 6 heteroatoms. The summed E-state index contributed by atoms with van der Waals surface area (Å²) in [5, 5.41) is 8.07. The van der Waals surface area contributed by atoms with Crippen LogP contribution in [0, 0.1) is 11.6 Å². The van der Waals surface area contributed by atoms with E-state index < -0.39 is 11.6 Å². The lowest BCUT2D eigenvalue weighted by Crippen LogP contribution is -2.20. The largest absolute Gasteiger partial charge is 0.332 e. The molecule has 0 amide bonds. The van der Waals surface area contributed by atoms with Crippen molar-refractivity contribution in [1.82, 2.24) is 0 Å². The fourth-order valence-corrected chi connectivity index (χ4v) is 2.98. The minimum absolute atomic E-state index is 0.0872. The highest BCUT2D eigenvalue weighted by Gasteiger charge is 2.11. The maximum atomic E-state index is 13.8. The van der Waals surface area contributed by atoms with Gasteiger partial charge in [0.15, 0.2) is 10.9 Å². The Kier molecular flexibility index (Phi) is 4.54. The Bertz CT molecular complexity index is 870. The van der Waals surface area contributed by atoms with E-state index >= 15 is 0 Å². The summed E-state index contributed by atoms with van der Waals surface area (Å²) in [5.74, 6) is -1.38. The first kappa shape index (κ1) is 15.8. The van der Waals surface area contributed by atoms with E-state index in [1.165, 1.54) is 6.07 Å². The Labute approximate surface area is 145 Å². The monoisotopic (exact) mass is 392 g/mol. The van der Waals surface area contributed by atoms with Crippen molar-refractivity contribution in [1.29, 1.82) is 0 Å². The summed E-state index contributed by atoms with van der Waals surface area (Å²) in [6.45, 7) is 0. The van der Waals surface area contributed by atoms with E-state index in [1.807, 2.05) is 42.5 Å². The van der Waals surface area contributed by atoms with Gasteiger partial charge in [0.2, 0.25) is 0 Å². The maximum Gasteiger partial charge on any atom is 0.175 e. The molecule has 0 heterocycles. The van der Waals surface area contributed by atoms with Gasteiger partial charge in [-0.1, -0.05) is 36.4 Å². The second kappa shape index (κ2) is 6.60. The summed E-state index contributed by atoms with van der Waals surface area (Å²) in [4.78, 5) is 0. The fraction of sp³-hybridized carbons (Fsp3) is 0. The first-order valence-electron chi connectivity index (χ1n) is 6.75. The molecule has 0 spiro atoms. The van der Waals surface area contributed by atoms with E-state index in [0.717, 1.165) is 22.5 Å². The Morgan fingerprint density at radius 1 is 0.957 bits per heavy atom. The van der Waals surface area contributed by atoms with Crippen LogP contribution in [-0.4, -0.2) is 5.11 Å². The standard InChI is InChI=1S/C17H11BrF2N2S/c18-13-8-11(19)9-14(20)16(13)22-17(23)21-15-7-3-5-10-4-1-2-6-12(10)15/h1-9H,(H2,21,22,23). The van der Waals surface area contributed by atoms with Crippen LogP contribution >= 0.6 is 28.1 Å². The highest BCUT2D eigenvalue weighted by molar-refractivity contribution is 9.10. The molecule has 2 N–H and O–H groups in total. The van der Waals surface area contributed by atoms with Gasteiger partial charge in [-0.25, -0.2) is 8.78 Å². The molecule has 0 atom stereocenters. The van der Waals surface area contributed by atoms with Crippen LogP contribution in [0.3, 0.4) is 0 Å². The lowest BCUT2D eigenvalue weighted by Gasteiger charge is -2.14. The zero-order chi connectivity index (χ0) is 16.4. The first-order chi connectivity index (χ1) is 11.0. The zero-order valence-electron chi connectivity index (χ0n) is 11.7. The molecule has 0 radical (unpaired) electrons. The normalized spacial score (nSPS) is 10.6. The number of nitrogens with one attached hydrogen (secondary N) is 2. The number of hydrogen-bond donors (Lipinski definition) is 2. The third-order valence-corrected chi connectivity index (χ3v) is 4.11. The summed E-state index contributed by atoms with van der Waals surface area (Å²) < 4.78 is 27.2. The van der Waals surface area contributed by atoms with Gasteiger partial charge >= 0.3 is 0 Å². The SMILES string of the molecule is Fc1cc(F)c(NC(=S)Nc2cccc3ccccc23)c(Br)c1. The van der Waals surface area contributed by atoms with E-state index in [1.54, 1.807) is 0 Å². The summed E-state index contributed by atoms with van der Waals surface area (Å²) in [5.41, 5.74) is 0.892. The minimum Gasteiger partial charge on any atom is -0.332 e. The van der Waals surface area contributed by atoms with Gasteiger partial charge in [-0.15, -0.1) is 0 Å². The predicted octanol–water partition coefficient (Wildman–Crippen LogP) is 5.69. The van der Waals surface area contributed by atoms with E-state index in [2.05, 4.69) is 26.6 Å². The van der Waals surface area contributed by atoms with Crippen LogP contribution in [0.25, 0.3) is 10.8 Å². The summed E-state index contributed by atoms with van der Waals surface area (Å²) in [6.07, 6.45) is 0. The molecule has 2 nitrogen and oxygen atoms in total. The first-order valence-corrected chi connectivity index (χ1v) is 7.95. The zero-order valence-corrected chi connectivity index (χ0v) is 14.1. The molecule has 0 aliphatic heterocycles. The Hall–Kier alpha value is -2.05. The third kappa shape index (κ3) is 3.48. The van der Waals surface area contributed by atoms with Gasteiger partial charge in [-0.05, 0) is 45.7 Å². The van der Waals surface area contributed by atoms with Crippen molar-refractivity contribution in [3.05, 3.63) is 70.7 Å². The van der Waals surface area contributed by atoms with Crippen molar-refractivity contribution in [2.24, 2.45) is 0 Å². The van der Waals surface area contributed by atoms with Crippen molar-refractivity contribution in [3.8, 4) is 0 Å². The average Bonchev–Trinajstić information content (AvgIpc) is 2.51. The van der Waals surface area contributed by atoms with Crippen molar-refractivity contribution >= 4 is 55.4 Å². The molecule has 0 aliphatic carbocycles. The molecular formula is C17H11BrF2N2S. The van der Waals surface area contributed by atoms with Crippen LogP contribution in [0.4, 0.5) is 20.2 Å². The predicted molar refractivity (Wildman–Crippen MR) is 97.8 cm³/mol. The Morgan fingerprint density at radius 2 is 1.70 bits per heavy atom. The van der Waals surface area contributed by atoms with Gasteiger partial charge in [-0.2, -0.15) is 0 Å². The maximum absolute atomic E-state index is 13.8. The highest BCUT2D eigenvalue weighted by atomic mass is 79.9. The van der Waals surface area contributed by atoms with Crippen LogP contribution in [0.2, 0.25) is 0 Å². The molecule has 23 heavy (non-hydrogen) atoms. The number of anilines is 2. The van der Waals surface area contributed by atoms with Gasteiger partial charge in [0.05, 0.1) is 5.69 Å². The molecule has 0 bridgehead atoms. The number of rotatable bonds is 2. The summed E-state index contributed by atoms with van der Waals surface area (Å²) in [7, 11) is 0. The number of thiocarbonyl (C=S) groups is 1. The molecule has 3 aromatic carbocycles. The Balaban J connectivity index is 1.85. The number of benzene rings is 3. The van der Waals surface area contributed by atoms with Crippen LogP contribution < -0.4 is 10.6 Å². The molecule has 3 aromatic rings. The van der Waals surface area contributed by atoms with Crippen molar-refractivity contribution in [3.63, 3.8) is 0 Å². The van der Waals surface area contributed by atoms with Gasteiger partial charge in [-0.3, -0.25) is 0 Å². The molecule has 3 rings (SSSR count). The quantitative estimate of drug-likeness (QED) is 0.547. The molecular weight excluding hydrogens is 382 g/mol. The fourth-order valence-electron chi connectivity index (χ4n) is 2.26.